The number of benzene rings is 1. The molecule has 1 saturated carbocycles. The molecule has 2 aliphatic rings. The molecule has 1 atom stereocenters. The number of ether oxygens (including phenoxy) is 1. The number of para-hydroxylation sites is 1. The molecule has 3 heterocycles. The maximum atomic E-state index is 13.2. The Kier molecular flexibility index (Phi) is 4.94. The SMILES string of the molecule is COCCn1nc(C2CCCN(C(=O)c3cc4ccccc4[nH]3)C2)n(C2CC2)c1=O. The molecular weight excluding hydrogens is 382 g/mol. The topological polar surface area (TPSA) is 85.2 Å². The number of fused-ring (bicyclic) bond motifs is 1. The number of rotatable bonds is 6. The summed E-state index contributed by atoms with van der Waals surface area (Å²) >= 11 is 0. The van der Waals surface area contributed by atoms with Crippen LogP contribution in [0.4, 0.5) is 0 Å². The molecule has 1 aliphatic heterocycles. The molecule has 2 aromatic heterocycles. The van der Waals surface area contributed by atoms with E-state index in [4.69, 9.17) is 4.74 Å². The Bertz CT molecular complexity index is 1090. The molecule has 0 bridgehead atoms. The van der Waals surface area contributed by atoms with Gasteiger partial charge in [-0.2, -0.15) is 5.10 Å². The van der Waals surface area contributed by atoms with Crippen molar-refractivity contribution in [1.29, 1.82) is 0 Å². The lowest BCUT2D eigenvalue weighted by Gasteiger charge is -2.32. The second-order valence-corrected chi connectivity index (χ2v) is 8.32. The van der Waals surface area contributed by atoms with Crippen molar-refractivity contribution >= 4 is 16.8 Å². The molecule has 1 saturated heterocycles. The van der Waals surface area contributed by atoms with Crippen LogP contribution < -0.4 is 5.69 Å². The summed E-state index contributed by atoms with van der Waals surface area (Å²) in [4.78, 5) is 31.2. The number of aromatic amines is 1. The lowest BCUT2D eigenvalue weighted by Crippen LogP contribution is -2.40. The van der Waals surface area contributed by atoms with Crippen LogP contribution >= 0.6 is 0 Å². The molecule has 1 aliphatic carbocycles. The number of nitrogens with zero attached hydrogens (tertiary/aromatic N) is 4. The largest absolute Gasteiger partial charge is 0.383 e. The molecule has 1 unspecified atom stereocenters. The van der Waals surface area contributed by atoms with Gasteiger partial charge in [-0.05, 0) is 37.8 Å². The first-order valence-corrected chi connectivity index (χ1v) is 10.7. The Labute approximate surface area is 174 Å². The fourth-order valence-electron chi connectivity index (χ4n) is 4.45. The van der Waals surface area contributed by atoms with Crippen molar-refractivity contribution in [2.24, 2.45) is 0 Å². The highest BCUT2D eigenvalue weighted by Crippen LogP contribution is 2.37. The quantitative estimate of drug-likeness (QED) is 0.678. The zero-order valence-corrected chi connectivity index (χ0v) is 17.2. The smallest absolute Gasteiger partial charge is 0.346 e. The summed E-state index contributed by atoms with van der Waals surface area (Å²) in [5.41, 5.74) is 1.53. The molecule has 0 radical (unpaired) electrons. The minimum Gasteiger partial charge on any atom is -0.383 e. The van der Waals surface area contributed by atoms with Crippen molar-refractivity contribution in [3.05, 3.63) is 52.3 Å². The number of likely N-dealkylation sites (tertiary alicyclic amines) is 1. The summed E-state index contributed by atoms with van der Waals surface area (Å²) in [5.74, 6) is 0.909. The Morgan fingerprint density at radius 1 is 1.27 bits per heavy atom. The zero-order valence-electron chi connectivity index (χ0n) is 17.2. The van der Waals surface area contributed by atoms with Gasteiger partial charge in [-0.25, -0.2) is 9.48 Å². The predicted molar refractivity (Wildman–Crippen MR) is 113 cm³/mol. The number of carbonyl (C=O) groups excluding carboxylic acids is 1. The van der Waals surface area contributed by atoms with Crippen molar-refractivity contribution < 1.29 is 9.53 Å². The van der Waals surface area contributed by atoms with Gasteiger partial charge >= 0.3 is 5.69 Å². The zero-order chi connectivity index (χ0) is 20.7. The molecule has 5 rings (SSSR count). The van der Waals surface area contributed by atoms with Gasteiger partial charge in [-0.15, -0.1) is 0 Å². The highest BCUT2D eigenvalue weighted by atomic mass is 16.5. The number of methoxy groups -OCH3 is 1. The molecule has 3 aromatic rings. The number of H-pyrrole nitrogens is 1. The van der Waals surface area contributed by atoms with Crippen molar-refractivity contribution in [2.75, 3.05) is 26.8 Å². The van der Waals surface area contributed by atoms with Crippen LogP contribution in [0.15, 0.2) is 35.1 Å². The highest BCUT2D eigenvalue weighted by Gasteiger charge is 2.35. The Morgan fingerprint density at radius 2 is 2.10 bits per heavy atom. The molecule has 1 amide bonds. The summed E-state index contributed by atoms with van der Waals surface area (Å²) in [6, 6.07) is 10.1. The number of aromatic nitrogens is 4. The second-order valence-electron chi connectivity index (χ2n) is 8.32. The molecule has 8 nitrogen and oxygen atoms in total. The van der Waals surface area contributed by atoms with Gasteiger partial charge in [-0.3, -0.25) is 9.36 Å². The Hall–Kier alpha value is -2.87. The first kappa shape index (κ1) is 19.1. The summed E-state index contributed by atoms with van der Waals surface area (Å²) < 4.78 is 8.52. The molecule has 158 valence electrons. The van der Waals surface area contributed by atoms with E-state index in [2.05, 4.69) is 10.1 Å². The standard InChI is InChI=1S/C22H27N5O3/c1-30-12-11-26-22(29)27(17-8-9-17)20(24-26)16-6-4-10-25(14-16)21(28)19-13-15-5-2-3-7-18(15)23-19/h2-3,5,7,13,16-17,23H,4,6,8-12,14H2,1H3. The first-order valence-electron chi connectivity index (χ1n) is 10.7. The van der Waals surface area contributed by atoms with Crippen LogP contribution in [0.25, 0.3) is 10.9 Å². The van der Waals surface area contributed by atoms with Crippen LogP contribution in [-0.4, -0.2) is 56.9 Å². The van der Waals surface area contributed by atoms with Crippen LogP contribution in [0.1, 0.15) is 54.0 Å². The number of amides is 1. The number of piperidine rings is 1. The molecule has 8 heteroatoms. The van der Waals surface area contributed by atoms with Gasteiger partial charge in [0.25, 0.3) is 5.91 Å². The van der Waals surface area contributed by atoms with Gasteiger partial charge in [-0.1, -0.05) is 18.2 Å². The molecule has 30 heavy (non-hydrogen) atoms. The van der Waals surface area contributed by atoms with Crippen molar-refractivity contribution in [3.8, 4) is 0 Å². The first-order chi connectivity index (χ1) is 14.7. The van der Waals surface area contributed by atoms with E-state index in [0.29, 0.717) is 25.4 Å². The lowest BCUT2D eigenvalue weighted by molar-refractivity contribution is 0.0698. The summed E-state index contributed by atoms with van der Waals surface area (Å²) in [5, 5.41) is 5.71. The van der Waals surface area contributed by atoms with Gasteiger partial charge in [0.2, 0.25) is 0 Å². The number of hydrogen-bond donors (Lipinski definition) is 1. The molecule has 1 N–H and O–H groups in total. The van der Waals surface area contributed by atoms with Gasteiger partial charge < -0.3 is 14.6 Å². The van der Waals surface area contributed by atoms with E-state index in [0.717, 1.165) is 49.0 Å². The maximum absolute atomic E-state index is 13.2. The van der Waals surface area contributed by atoms with Gasteiger partial charge in [0.15, 0.2) is 0 Å². The second kappa shape index (κ2) is 7.75. The Morgan fingerprint density at radius 3 is 2.87 bits per heavy atom. The fraction of sp³-hybridized carbons (Fsp3) is 0.500. The van der Waals surface area contributed by atoms with Crippen molar-refractivity contribution in [2.45, 2.75) is 44.2 Å². The van der Waals surface area contributed by atoms with Crippen LogP contribution in [0.3, 0.4) is 0 Å². The number of carbonyl (C=O) groups is 1. The van der Waals surface area contributed by atoms with Crippen LogP contribution in [0.2, 0.25) is 0 Å². The average molecular weight is 409 g/mol. The third kappa shape index (κ3) is 3.45. The van der Waals surface area contributed by atoms with Gasteiger partial charge in [0.1, 0.15) is 11.5 Å². The van der Waals surface area contributed by atoms with Crippen LogP contribution in [0, 0.1) is 0 Å². The van der Waals surface area contributed by atoms with E-state index in [1.807, 2.05) is 39.8 Å². The molecule has 2 fully saturated rings. The summed E-state index contributed by atoms with van der Waals surface area (Å²) in [6.07, 6.45) is 3.88. The van der Waals surface area contributed by atoms with Crippen molar-refractivity contribution in [3.63, 3.8) is 0 Å². The normalized spacial score (nSPS) is 19.5. The molecular formula is C22H27N5O3. The average Bonchev–Trinajstić information content (AvgIpc) is 3.42. The van der Waals surface area contributed by atoms with Gasteiger partial charge in [0.05, 0.1) is 13.2 Å². The number of nitrogens with one attached hydrogen (secondary N) is 1. The van der Waals surface area contributed by atoms with Crippen LogP contribution in [-0.2, 0) is 11.3 Å². The number of hydrogen-bond acceptors (Lipinski definition) is 4. The van der Waals surface area contributed by atoms with E-state index < -0.39 is 0 Å². The third-order valence-corrected chi connectivity index (χ3v) is 6.15. The minimum atomic E-state index is -0.0522. The van der Waals surface area contributed by atoms with E-state index in [1.54, 1.807) is 7.11 Å². The van der Waals surface area contributed by atoms with Crippen molar-refractivity contribution in [1.82, 2.24) is 24.2 Å². The van der Waals surface area contributed by atoms with Gasteiger partial charge in [0, 0.05) is 43.1 Å². The van der Waals surface area contributed by atoms with E-state index in [9.17, 15) is 9.59 Å². The predicted octanol–water partition coefficient (Wildman–Crippen LogP) is 2.53. The van der Waals surface area contributed by atoms with Crippen LogP contribution in [0.5, 0.6) is 0 Å². The van der Waals surface area contributed by atoms with E-state index >= 15 is 0 Å². The maximum Gasteiger partial charge on any atom is 0.346 e. The Balaban J connectivity index is 1.40. The van der Waals surface area contributed by atoms with E-state index in [1.165, 1.54) is 4.68 Å². The fourth-order valence-corrected chi connectivity index (χ4v) is 4.45. The summed E-state index contributed by atoms with van der Waals surface area (Å²) in [7, 11) is 1.62. The van der Waals surface area contributed by atoms with E-state index in [-0.39, 0.29) is 23.6 Å². The molecule has 1 aromatic carbocycles. The highest BCUT2D eigenvalue weighted by molar-refractivity contribution is 5.98. The third-order valence-electron chi connectivity index (χ3n) is 6.15. The lowest BCUT2D eigenvalue weighted by atomic mass is 9.96. The summed E-state index contributed by atoms with van der Waals surface area (Å²) in [6.45, 7) is 2.22. The molecule has 0 spiro atoms. The minimum absolute atomic E-state index is 0.00929. The monoisotopic (exact) mass is 409 g/mol.